The molecule has 0 unspecified atom stereocenters. The molecule has 0 saturated carbocycles. The van der Waals surface area contributed by atoms with Gasteiger partial charge in [0.05, 0.1) is 0 Å². The second-order valence-corrected chi connectivity index (χ2v) is 27.2. The molecule has 0 heterocycles. The van der Waals surface area contributed by atoms with Crippen LogP contribution in [-0.2, 0) is 17.4 Å². The fourth-order valence-corrected chi connectivity index (χ4v) is 18.2. The van der Waals surface area contributed by atoms with E-state index in [0.717, 1.165) is 6.42 Å². The minimum Gasteiger partial charge on any atom is -1.00 e. The van der Waals surface area contributed by atoms with Crippen LogP contribution in [0.3, 0.4) is 0 Å². The normalized spacial score (nSPS) is 17.1. The van der Waals surface area contributed by atoms with E-state index in [-0.39, 0.29) is 24.8 Å². The van der Waals surface area contributed by atoms with Crippen LogP contribution in [0.4, 0.5) is 0 Å². The summed E-state index contributed by atoms with van der Waals surface area (Å²) in [7, 11) is -0.971. The minimum absolute atomic E-state index is 0. The molecule has 0 bridgehead atoms. The summed E-state index contributed by atoms with van der Waals surface area (Å²) in [4.78, 5) is 0. The van der Waals surface area contributed by atoms with Gasteiger partial charge in [-0.3, -0.25) is 0 Å². The topological polar surface area (TPSA) is 9.23 Å². The van der Waals surface area contributed by atoms with E-state index in [1.54, 1.807) is 3.88 Å². The molecule has 0 aliphatic heterocycles. The Labute approximate surface area is 113 Å². The van der Waals surface area contributed by atoms with Crippen molar-refractivity contribution in [3.8, 4) is 0 Å². The van der Waals surface area contributed by atoms with Crippen LogP contribution in [0.5, 0.6) is 0 Å². The molecule has 0 saturated heterocycles. The first kappa shape index (κ1) is 19.3. The van der Waals surface area contributed by atoms with Crippen LogP contribution >= 0.6 is 0 Å². The summed E-state index contributed by atoms with van der Waals surface area (Å²) >= 11 is -3.24. The fraction of sp³-hybridized carbons (Fsp3) is 0.636. The molecular formula is C11H24Cl2OSiTi. The molecule has 1 rings (SSSR count). The van der Waals surface area contributed by atoms with E-state index in [1.165, 1.54) is 0 Å². The quantitative estimate of drug-likeness (QED) is 0.556. The number of hydrogen-bond donors (Lipinski definition) is 0. The Morgan fingerprint density at radius 3 is 1.94 bits per heavy atom. The third-order valence-electron chi connectivity index (χ3n) is 2.95. The third-order valence-corrected chi connectivity index (χ3v) is 16.7. The summed E-state index contributed by atoms with van der Waals surface area (Å²) in [5.41, 5.74) is 0. The van der Waals surface area contributed by atoms with E-state index < -0.39 is 23.5 Å². The largest absolute Gasteiger partial charge is 1.00 e. The Morgan fingerprint density at radius 2 is 1.62 bits per heavy atom. The zero-order valence-electron chi connectivity index (χ0n) is 11.2. The van der Waals surface area contributed by atoms with Crippen LogP contribution < -0.4 is 24.8 Å². The summed E-state index contributed by atoms with van der Waals surface area (Å²) in [5.74, 6) is 0. The first-order valence-corrected chi connectivity index (χ1v) is 16.0. The molecule has 5 heteroatoms. The number of rotatable bonds is 3. The zero-order valence-corrected chi connectivity index (χ0v) is 15.4. The van der Waals surface area contributed by atoms with Gasteiger partial charge in [-0.05, 0) is 0 Å². The van der Waals surface area contributed by atoms with Gasteiger partial charge in [-0.2, -0.15) is 0 Å². The summed E-state index contributed by atoms with van der Waals surface area (Å²) < 4.78 is 8.08. The molecule has 0 atom stereocenters. The second-order valence-electron chi connectivity index (χ2n) is 7.41. The maximum Gasteiger partial charge on any atom is -1.00 e. The molecule has 1 aliphatic rings. The van der Waals surface area contributed by atoms with E-state index >= 15 is 0 Å². The molecule has 16 heavy (non-hydrogen) atoms. The van der Waals surface area contributed by atoms with Gasteiger partial charge in [-0.1, -0.05) is 0 Å². The molecule has 1 aliphatic carbocycles. The molecular weight excluding hydrogens is 295 g/mol. The van der Waals surface area contributed by atoms with Gasteiger partial charge in [0.15, 0.2) is 0 Å². The molecule has 0 aromatic carbocycles. The fourth-order valence-electron chi connectivity index (χ4n) is 2.40. The Kier molecular flexibility index (Phi) is 5.92. The van der Waals surface area contributed by atoms with Gasteiger partial charge in [0, 0.05) is 0 Å². The van der Waals surface area contributed by atoms with Crippen molar-refractivity contribution in [1.82, 2.24) is 0 Å². The maximum absolute atomic E-state index is 6.51. The van der Waals surface area contributed by atoms with Crippen molar-refractivity contribution in [1.29, 1.82) is 0 Å². The molecule has 0 fully saturated rings. The van der Waals surface area contributed by atoms with Gasteiger partial charge in [-0.25, -0.2) is 0 Å². The zero-order chi connectivity index (χ0) is 11.1. The summed E-state index contributed by atoms with van der Waals surface area (Å²) in [5, 5.41) is 9.58. The number of halogens is 2. The smallest absolute Gasteiger partial charge is 1.00 e. The average Bonchev–Trinajstić information content (AvgIpc) is 2.28. The molecule has 0 amide bonds. The van der Waals surface area contributed by atoms with Crippen LogP contribution in [0.2, 0.25) is 34.0 Å². The van der Waals surface area contributed by atoms with Crippen molar-refractivity contribution in [3.05, 3.63) is 22.1 Å². The summed E-state index contributed by atoms with van der Waals surface area (Å²) in [6, 6.07) is 0. The predicted molar refractivity (Wildman–Crippen MR) is 65.3 cm³/mol. The summed E-state index contributed by atoms with van der Waals surface area (Å²) in [6.45, 7) is 4.54. The van der Waals surface area contributed by atoms with Crippen LogP contribution in [0, 0.1) is 0 Å². The molecule has 96 valence electrons. The molecule has 0 N–H and O–H groups in total. The third kappa shape index (κ3) is 4.67. The van der Waals surface area contributed by atoms with Gasteiger partial charge >= 0.3 is 89.0 Å². The van der Waals surface area contributed by atoms with Gasteiger partial charge in [0.25, 0.3) is 0 Å². The van der Waals surface area contributed by atoms with Gasteiger partial charge in [0.1, 0.15) is 0 Å². The average molecular weight is 319 g/mol. The predicted octanol–water partition coefficient (Wildman–Crippen LogP) is -1.83. The Bertz CT molecular complexity index is 313. The van der Waals surface area contributed by atoms with Crippen molar-refractivity contribution < 1.29 is 42.2 Å². The van der Waals surface area contributed by atoms with Crippen molar-refractivity contribution >= 4 is 9.04 Å². The van der Waals surface area contributed by atoms with Crippen molar-refractivity contribution in [2.45, 2.75) is 40.4 Å². The van der Waals surface area contributed by atoms with E-state index in [0.29, 0.717) is 0 Å². The maximum atomic E-state index is 6.51. The van der Waals surface area contributed by atoms with Crippen molar-refractivity contribution in [2.75, 3.05) is 0 Å². The standard InChI is InChI=1S/C5H5.C2H7OSi.4CH3.2ClH.Ti/c1-2-4-5-3-1;1-4(2)3;;;;;;;/h1-3H,4H2;4H,1-2H3;4*1H3;2*1H;/q;-1;;;;;;;+3/p-2. The molecule has 0 aromatic heterocycles. The van der Waals surface area contributed by atoms with Crippen LogP contribution in [0.25, 0.3) is 0 Å². The Hall–Kier alpha value is 0.951. The molecule has 0 aromatic rings. The number of allylic oxidation sites excluding steroid dienone is 4. The van der Waals surface area contributed by atoms with E-state index in [9.17, 15) is 0 Å². The molecule has 0 spiro atoms. The van der Waals surface area contributed by atoms with E-state index in [1.807, 2.05) is 0 Å². The summed E-state index contributed by atoms with van der Waals surface area (Å²) in [6.07, 6.45) is 7.79. The second kappa shape index (κ2) is 4.91. The van der Waals surface area contributed by atoms with E-state index in [4.69, 9.17) is 3.01 Å². The van der Waals surface area contributed by atoms with Crippen LogP contribution in [-0.4, -0.2) is 9.04 Å². The molecule has 1 nitrogen and oxygen atoms in total. The van der Waals surface area contributed by atoms with Crippen molar-refractivity contribution in [3.63, 3.8) is 0 Å². The SMILES string of the molecule is C[SiH](C)[O][Ti+2]([CH3])([CH3])([CH3])([CH3])[C]1=CC=CC1.[Cl-].[Cl-]. The number of hydrogen-bond acceptors (Lipinski definition) is 1. The minimum atomic E-state index is -3.24. The van der Waals surface area contributed by atoms with Gasteiger partial charge in [0.2, 0.25) is 0 Å². The van der Waals surface area contributed by atoms with Crippen LogP contribution in [0.15, 0.2) is 22.1 Å². The van der Waals surface area contributed by atoms with Gasteiger partial charge < -0.3 is 24.8 Å². The Morgan fingerprint density at radius 1 is 1.12 bits per heavy atom. The van der Waals surface area contributed by atoms with Crippen molar-refractivity contribution in [2.24, 2.45) is 0 Å². The Balaban J connectivity index is 0. The van der Waals surface area contributed by atoms with Gasteiger partial charge in [-0.15, -0.1) is 0 Å². The molecule has 0 radical (unpaired) electrons. The first-order chi connectivity index (χ1) is 6.04. The monoisotopic (exact) mass is 318 g/mol. The first-order valence-electron chi connectivity index (χ1n) is 5.56. The van der Waals surface area contributed by atoms with E-state index in [2.05, 4.69) is 52.2 Å². The van der Waals surface area contributed by atoms with Crippen LogP contribution in [0.1, 0.15) is 6.42 Å².